The number of carbonyl (C=O) groups is 1. The van der Waals surface area contributed by atoms with Gasteiger partial charge in [-0.3, -0.25) is 4.70 Å². The molecule has 2 nitrogen and oxygen atoms in total. The van der Waals surface area contributed by atoms with Gasteiger partial charge in [-0.05, 0) is 0 Å². The Morgan fingerprint density at radius 2 is 0.806 bits per heavy atom. The van der Waals surface area contributed by atoms with Crippen LogP contribution in [0.3, 0.4) is 0 Å². The van der Waals surface area contributed by atoms with Crippen molar-refractivity contribution in [3.63, 3.8) is 0 Å². The summed E-state index contributed by atoms with van der Waals surface area (Å²) in [5.41, 5.74) is 0. The lowest BCUT2D eigenvalue weighted by Crippen LogP contribution is -2.74. The van der Waals surface area contributed by atoms with Gasteiger partial charge in [-0.2, -0.15) is 74.6 Å². The number of hydrogen-bond acceptors (Lipinski definition) is 2. The second kappa shape index (κ2) is 7.82. The van der Waals surface area contributed by atoms with Gasteiger partial charge in [0.1, 0.15) is 0 Å². The van der Waals surface area contributed by atoms with E-state index < -0.39 is 59.9 Å². The zero-order valence-electron chi connectivity index (χ0n) is 13.4. The molecule has 31 heavy (non-hydrogen) atoms. The van der Waals surface area contributed by atoms with Crippen molar-refractivity contribution < 1.29 is 88.9 Å². The van der Waals surface area contributed by atoms with Crippen molar-refractivity contribution in [3.05, 3.63) is 12.7 Å². The Labute approximate surface area is 157 Å². The number of esters is 1. The van der Waals surface area contributed by atoms with Crippen LogP contribution < -0.4 is 0 Å². The zero-order valence-corrected chi connectivity index (χ0v) is 13.4. The van der Waals surface area contributed by atoms with E-state index in [-0.39, 0.29) is 4.70 Å². The third-order valence-electron chi connectivity index (χ3n) is 3.09. The average molecular weight is 510 g/mol. The van der Waals surface area contributed by atoms with Gasteiger partial charge < -0.3 is 4.74 Å². The Kier molecular flexibility index (Phi) is 7.85. The number of rotatable bonds is 8. The molecule has 0 unspecified atom stereocenters. The standard InChI is InChI=1S/C11H3F17O2.FH/c1-2-3(29)30-11(27,28)9(22,23)7(18,19)5(14,15)4(12,13)6(16,17)8(20,21)10(24,25)26;/h2H,1H2;1H. The molecule has 0 aromatic rings. The van der Waals surface area contributed by atoms with Gasteiger partial charge in [0.15, 0.2) is 0 Å². The molecule has 0 aliphatic heterocycles. The monoisotopic (exact) mass is 510 g/mol. The summed E-state index contributed by atoms with van der Waals surface area (Å²) in [5, 5.41) is 0. The van der Waals surface area contributed by atoms with Crippen LogP contribution >= 0.6 is 0 Å². The maximum atomic E-state index is 13.2. The third kappa shape index (κ3) is 4.08. The van der Waals surface area contributed by atoms with Gasteiger partial charge in [-0.1, -0.05) is 6.58 Å². The van der Waals surface area contributed by atoms with Crippen LogP contribution in [0, 0.1) is 0 Å². The van der Waals surface area contributed by atoms with Crippen molar-refractivity contribution in [3.8, 4) is 0 Å². The minimum atomic E-state index is -8.73. The largest absolute Gasteiger partial charge is 0.473 e. The molecule has 0 saturated heterocycles. The number of alkyl halides is 17. The Balaban J connectivity index is 0. The van der Waals surface area contributed by atoms with Gasteiger partial charge >= 0.3 is 53.8 Å². The topological polar surface area (TPSA) is 26.3 Å². The molecule has 0 heterocycles. The van der Waals surface area contributed by atoms with E-state index in [1.807, 2.05) is 0 Å². The van der Waals surface area contributed by atoms with E-state index in [2.05, 4.69) is 11.3 Å². The molecule has 0 aliphatic carbocycles. The van der Waals surface area contributed by atoms with Crippen molar-refractivity contribution in [1.82, 2.24) is 0 Å². The van der Waals surface area contributed by atoms with Crippen LogP contribution in [0.15, 0.2) is 12.7 Å². The molecule has 0 fully saturated rings. The fourth-order valence-electron chi connectivity index (χ4n) is 1.38. The highest BCUT2D eigenvalue weighted by molar-refractivity contribution is 5.81. The Bertz CT molecular complexity index is 674. The van der Waals surface area contributed by atoms with Gasteiger partial charge in [0.2, 0.25) is 0 Å². The summed E-state index contributed by atoms with van der Waals surface area (Å²) in [6.07, 6.45) is -15.5. The van der Waals surface area contributed by atoms with Crippen molar-refractivity contribution >= 4 is 5.97 Å². The summed E-state index contributed by atoms with van der Waals surface area (Å²) in [6.45, 7) is 2.26. The first-order valence-electron chi connectivity index (χ1n) is 6.27. The lowest BCUT2D eigenvalue weighted by atomic mass is 9.90. The fourth-order valence-corrected chi connectivity index (χ4v) is 1.38. The molecule has 186 valence electrons. The maximum absolute atomic E-state index is 13.2. The minimum absolute atomic E-state index is 0. The molecule has 0 atom stereocenters. The number of hydrogen-bond donors (Lipinski definition) is 0. The van der Waals surface area contributed by atoms with Gasteiger partial charge in [0.05, 0.1) is 0 Å². The van der Waals surface area contributed by atoms with E-state index in [0.717, 1.165) is 0 Å². The smallest absolute Gasteiger partial charge is 0.393 e. The molecule has 0 aliphatic rings. The molecular formula is C11H4F18O2. The lowest BCUT2D eigenvalue weighted by molar-refractivity contribution is -0.473. The zero-order chi connectivity index (χ0) is 25.0. The van der Waals surface area contributed by atoms with E-state index in [4.69, 9.17) is 0 Å². The van der Waals surface area contributed by atoms with Gasteiger partial charge in [-0.25, -0.2) is 4.79 Å². The predicted molar refractivity (Wildman–Crippen MR) is 59.5 cm³/mol. The molecule has 0 radical (unpaired) electrons. The molecule has 0 spiro atoms. The molecule has 0 amide bonds. The third-order valence-corrected chi connectivity index (χ3v) is 3.09. The second-order valence-electron chi connectivity index (χ2n) is 5.09. The first kappa shape index (κ1) is 31.1. The van der Waals surface area contributed by atoms with Crippen molar-refractivity contribution in [2.24, 2.45) is 0 Å². The molecule has 0 aromatic carbocycles. The molecule has 0 saturated carbocycles. The molecule has 0 bridgehead atoms. The average Bonchev–Trinajstić information content (AvgIpc) is 2.51. The highest BCUT2D eigenvalue weighted by Crippen LogP contribution is 2.63. The fraction of sp³-hybridized carbons (Fsp3) is 0.727. The van der Waals surface area contributed by atoms with E-state index >= 15 is 0 Å². The Morgan fingerprint density at radius 1 is 0.548 bits per heavy atom. The quantitative estimate of drug-likeness (QED) is 0.233. The number of halogens is 18. The van der Waals surface area contributed by atoms with Crippen molar-refractivity contribution in [1.29, 1.82) is 0 Å². The Hall–Kier alpha value is -2.05. The van der Waals surface area contributed by atoms with Crippen molar-refractivity contribution in [2.75, 3.05) is 0 Å². The van der Waals surface area contributed by atoms with E-state index in [1.165, 1.54) is 0 Å². The normalized spacial score (nSPS) is 15.3. The highest BCUT2D eigenvalue weighted by Gasteiger charge is 2.95. The van der Waals surface area contributed by atoms with Crippen LogP contribution in [0.5, 0.6) is 0 Å². The van der Waals surface area contributed by atoms with Crippen LogP contribution in [0.1, 0.15) is 0 Å². The SMILES string of the molecule is C=CC(=O)OC(F)(F)C(F)(F)C(F)(F)C(F)(F)C(F)(F)C(F)(F)C(F)(F)C(F)(F)F.F. The summed E-state index contributed by atoms with van der Waals surface area (Å²) < 4.78 is 220. The summed E-state index contributed by atoms with van der Waals surface area (Å²) in [4.78, 5) is 10.4. The van der Waals surface area contributed by atoms with E-state index in [1.54, 1.807) is 0 Å². The summed E-state index contributed by atoms with van der Waals surface area (Å²) in [5.74, 6) is -53.6. The highest BCUT2D eigenvalue weighted by atomic mass is 19.4. The first-order chi connectivity index (χ1) is 12.7. The molecule has 20 heteroatoms. The van der Waals surface area contributed by atoms with E-state index in [0.29, 0.717) is 0 Å². The molecule has 0 aromatic heterocycles. The second-order valence-corrected chi connectivity index (χ2v) is 5.09. The van der Waals surface area contributed by atoms with Crippen LogP contribution in [-0.4, -0.2) is 53.8 Å². The molecule has 0 rings (SSSR count). The van der Waals surface area contributed by atoms with Crippen LogP contribution in [0.2, 0.25) is 0 Å². The molecular weight excluding hydrogens is 506 g/mol. The van der Waals surface area contributed by atoms with Crippen LogP contribution in [0.25, 0.3) is 0 Å². The van der Waals surface area contributed by atoms with Crippen LogP contribution in [0.4, 0.5) is 79.3 Å². The lowest BCUT2D eigenvalue weighted by Gasteiger charge is -2.42. The predicted octanol–water partition coefficient (Wildman–Crippen LogP) is 5.84. The van der Waals surface area contributed by atoms with Gasteiger partial charge in [0.25, 0.3) is 0 Å². The summed E-state index contributed by atoms with van der Waals surface area (Å²) in [7, 11) is 0. The van der Waals surface area contributed by atoms with Gasteiger partial charge in [-0.15, -0.1) is 0 Å². The minimum Gasteiger partial charge on any atom is -0.393 e. The molecule has 0 N–H and O–H groups in total. The van der Waals surface area contributed by atoms with Gasteiger partial charge in [0, 0.05) is 6.08 Å². The summed E-state index contributed by atoms with van der Waals surface area (Å²) in [6, 6.07) is 0. The maximum Gasteiger partial charge on any atom is 0.473 e. The summed E-state index contributed by atoms with van der Waals surface area (Å²) >= 11 is 0. The first-order valence-corrected chi connectivity index (χ1v) is 6.27. The van der Waals surface area contributed by atoms with Crippen LogP contribution in [-0.2, 0) is 9.53 Å². The Morgan fingerprint density at radius 3 is 1.06 bits per heavy atom. The number of carbonyl (C=O) groups excluding carboxylic acids is 1. The van der Waals surface area contributed by atoms with Crippen molar-refractivity contribution in [2.45, 2.75) is 47.8 Å². The van der Waals surface area contributed by atoms with E-state index in [9.17, 15) is 79.4 Å². The number of ether oxygens (including phenoxy) is 1.